The minimum absolute atomic E-state index is 0.0417. The van der Waals surface area contributed by atoms with Crippen molar-refractivity contribution in [2.24, 2.45) is 0 Å². The molecule has 0 bridgehead atoms. The van der Waals surface area contributed by atoms with Gasteiger partial charge in [-0.2, -0.15) is 0 Å². The molecule has 0 aliphatic carbocycles. The molecule has 1 atom stereocenters. The molecule has 6 heteroatoms. The second-order valence-electron chi connectivity index (χ2n) is 8.26. The van der Waals surface area contributed by atoms with Crippen LogP contribution in [0.15, 0.2) is 65.5 Å². The van der Waals surface area contributed by atoms with Crippen molar-refractivity contribution in [3.63, 3.8) is 0 Å². The number of hydrogen-bond donors (Lipinski definition) is 1. The number of pyridine rings is 1. The summed E-state index contributed by atoms with van der Waals surface area (Å²) in [5, 5.41) is 10.9. The summed E-state index contributed by atoms with van der Waals surface area (Å²) in [7, 11) is 2.06. The fourth-order valence-corrected chi connectivity index (χ4v) is 4.31. The standard InChI is InChI=1S/C25H28FN3O2/c1-18-15-22(30)23(25(31)29(18)17-19-7-4-3-5-8-19)24(20-9-6-10-21(26)16-20)28-13-11-27(2)12-14-28/h3-10,15-16,24,30H,11-14,17H2,1-2H3. The normalized spacial score (nSPS) is 16.4. The fraction of sp³-hybridized carbons (Fsp3) is 0.320. The Hall–Kier alpha value is -2.96. The highest BCUT2D eigenvalue weighted by Crippen LogP contribution is 2.33. The van der Waals surface area contributed by atoms with E-state index in [2.05, 4.69) is 16.8 Å². The first-order valence-electron chi connectivity index (χ1n) is 10.6. The molecular weight excluding hydrogens is 393 g/mol. The summed E-state index contributed by atoms with van der Waals surface area (Å²) in [4.78, 5) is 18.1. The Bertz CT molecular complexity index is 1110. The second kappa shape index (κ2) is 9.04. The van der Waals surface area contributed by atoms with E-state index in [1.54, 1.807) is 16.7 Å². The highest BCUT2D eigenvalue weighted by molar-refractivity contribution is 5.41. The van der Waals surface area contributed by atoms with Crippen LogP contribution in [0.4, 0.5) is 4.39 Å². The van der Waals surface area contributed by atoms with Crippen LogP contribution in [-0.2, 0) is 6.54 Å². The van der Waals surface area contributed by atoms with E-state index in [9.17, 15) is 14.3 Å². The van der Waals surface area contributed by atoms with Crippen LogP contribution in [0.2, 0.25) is 0 Å². The van der Waals surface area contributed by atoms with Gasteiger partial charge >= 0.3 is 0 Å². The van der Waals surface area contributed by atoms with Crippen molar-refractivity contribution in [1.29, 1.82) is 0 Å². The molecule has 162 valence electrons. The monoisotopic (exact) mass is 421 g/mol. The SMILES string of the molecule is Cc1cc(O)c(C(c2cccc(F)c2)N2CCN(C)CC2)c(=O)n1Cc1ccccc1. The second-order valence-corrected chi connectivity index (χ2v) is 8.26. The largest absolute Gasteiger partial charge is 0.507 e. The summed E-state index contributed by atoms with van der Waals surface area (Å²) in [6.07, 6.45) is 0. The van der Waals surface area contributed by atoms with Gasteiger partial charge < -0.3 is 14.6 Å². The van der Waals surface area contributed by atoms with E-state index >= 15 is 0 Å². The molecule has 3 aromatic rings. The minimum Gasteiger partial charge on any atom is -0.507 e. The van der Waals surface area contributed by atoms with E-state index in [4.69, 9.17) is 0 Å². The summed E-state index contributed by atoms with van der Waals surface area (Å²) in [6.45, 7) is 5.37. The summed E-state index contributed by atoms with van der Waals surface area (Å²) in [5.41, 5.74) is 2.43. The molecule has 5 nitrogen and oxygen atoms in total. The molecule has 31 heavy (non-hydrogen) atoms. The van der Waals surface area contributed by atoms with Crippen LogP contribution in [0, 0.1) is 12.7 Å². The van der Waals surface area contributed by atoms with Gasteiger partial charge in [0.1, 0.15) is 11.6 Å². The van der Waals surface area contributed by atoms with Gasteiger partial charge in [0.25, 0.3) is 5.56 Å². The van der Waals surface area contributed by atoms with Crippen LogP contribution >= 0.6 is 0 Å². The number of benzene rings is 2. The maximum atomic E-state index is 14.1. The summed E-state index contributed by atoms with van der Waals surface area (Å²) < 4.78 is 15.8. The lowest BCUT2D eigenvalue weighted by atomic mass is 9.95. The van der Waals surface area contributed by atoms with Crippen LogP contribution in [-0.4, -0.2) is 52.7 Å². The first kappa shape index (κ1) is 21.3. The van der Waals surface area contributed by atoms with E-state index in [0.29, 0.717) is 23.4 Å². The lowest BCUT2D eigenvalue weighted by molar-refractivity contribution is 0.125. The van der Waals surface area contributed by atoms with E-state index in [-0.39, 0.29) is 17.1 Å². The van der Waals surface area contributed by atoms with Crippen LogP contribution in [0.25, 0.3) is 0 Å². The molecule has 0 spiro atoms. The Balaban J connectivity index is 1.84. The molecule has 1 fully saturated rings. The van der Waals surface area contributed by atoms with Gasteiger partial charge in [-0.1, -0.05) is 42.5 Å². The van der Waals surface area contributed by atoms with Crippen LogP contribution in [0.1, 0.15) is 28.4 Å². The average Bonchev–Trinajstić information content (AvgIpc) is 2.76. The first-order valence-corrected chi connectivity index (χ1v) is 10.6. The number of aromatic hydroxyl groups is 1. The zero-order valence-corrected chi connectivity index (χ0v) is 18.0. The van der Waals surface area contributed by atoms with Gasteiger partial charge in [-0.15, -0.1) is 0 Å². The van der Waals surface area contributed by atoms with Crippen molar-refractivity contribution in [2.45, 2.75) is 19.5 Å². The number of hydrogen-bond acceptors (Lipinski definition) is 4. The molecule has 1 N–H and O–H groups in total. The van der Waals surface area contributed by atoms with Crippen LogP contribution < -0.4 is 5.56 Å². The van der Waals surface area contributed by atoms with Crippen molar-refractivity contribution in [3.8, 4) is 5.75 Å². The lowest BCUT2D eigenvalue weighted by Crippen LogP contribution is -2.47. The summed E-state index contributed by atoms with van der Waals surface area (Å²) in [5.74, 6) is -0.396. The molecule has 1 unspecified atom stereocenters. The van der Waals surface area contributed by atoms with E-state index in [1.807, 2.05) is 43.3 Å². The number of piperazine rings is 1. The fourth-order valence-electron chi connectivity index (χ4n) is 4.31. The van der Waals surface area contributed by atoms with E-state index < -0.39 is 6.04 Å². The number of halogens is 1. The van der Waals surface area contributed by atoms with Gasteiger partial charge in [-0.3, -0.25) is 9.69 Å². The predicted octanol–water partition coefficient (Wildman–Crippen LogP) is 3.39. The predicted molar refractivity (Wildman–Crippen MR) is 120 cm³/mol. The maximum Gasteiger partial charge on any atom is 0.259 e. The van der Waals surface area contributed by atoms with Crippen molar-refractivity contribution in [3.05, 3.63) is 99.2 Å². The molecule has 0 radical (unpaired) electrons. The smallest absolute Gasteiger partial charge is 0.259 e. The van der Waals surface area contributed by atoms with Crippen LogP contribution in [0.5, 0.6) is 5.75 Å². The van der Waals surface area contributed by atoms with E-state index in [0.717, 1.165) is 31.7 Å². The summed E-state index contributed by atoms with van der Waals surface area (Å²) in [6, 6.07) is 17.2. The maximum absolute atomic E-state index is 14.1. The Labute approximate surface area is 182 Å². The van der Waals surface area contributed by atoms with Gasteiger partial charge in [-0.05, 0) is 43.3 Å². The topological polar surface area (TPSA) is 48.7 Å². The van der Waals surface area contributed by atoms with Gasteiger partial charge in [0.05, 0.1) is 18.2 Å². The molecule has 0 amide bonds. The van der Waals surface area contributed by atoms with Crippen molar-refractivity contribution in [1.82, 2.24) is 14.4 Å². The molecule has 1 aliphatic heterocycles. The zero-order chi connectivity index (χ0) is 22.0. The molecule has 1 saturated heterocycles. The first-order chi connectivity index (χ1) is 14.9. The molecule has 4 rings (SSSR count). The van der Waals surface area contributed by atoms with Gasteiger partial charge in [-0.25, -0.2) is 4.39 Å². The number of aryl methyl sites for hydroxylation is 1. The molecule has 0 saturated carbocycles. The Morgan fingerprint density at radius 3 is 2.39 bits per heavy atom. The average molecular weight is 422 g/mol. The Morgan fingerprint density at radius 1 is 1.00 bits per heavy atom. The molecule has 1 aromatic heterocycles. The molecule has 2 aromatic carbocycles. The van der Waals surface area contributed by atoms with Crippen molar-refractivity contribution < 1.29 is 9.50 Å². The molecule has 2 heterocycles. The third-order valence-electron chi connectivity index (χ3n) is 6.05. The number of aromatic nitrogens is 1. The quantitative estimate of drug-likeness (QED) is 0.686. The highest BCUT2D eigenvalue weighted by atomic mass is 19.1. The number of likely N-dealkylation sites (N-methyl/N-ethyl adjacent to an activating group) is 1. The van der Waals surface area contributed by atoms with Gasteiger partial charge in [0, 0.05) is 31.9 Å². The van der Waals surface area contributed by atoms with Crippen LogP contribution in [0.3, 0.4) is 0 Å². The highest BCUT2D eigenvalue weighted by Gasteiger charge is 2.31. The van der Waals surface area contributed by atoms with Gasteiger partial charge in [0.15, 0.2) is 0 Å². The van der Waals surface area contributed by atoms with Crippen molar-refractivity contribution >= 4 is 0 Å². The minimum atomic E-state index is -0.514. The molecular formula is C25H28FN3O2. The third kappa shape index (κ3) is 4.55. The lowest BCUT2D eigenvalue weighted by Gasteiger charge is -2.38. The number of rotatable bonds is 5. The number of nitrogens with zero attached hydrogens (tertiary/aromatic N) is 3. The zero-order valence-electron chi connectivity index (χ0n) is 18.0. The van der Waals surface area contributed by atoms with Crippen molar-refractivity contribution in [2.75, 3.05) is 33.2 Å². The third-order valence-corrected chi connectivity index (χ3v) is 6.05. The van der Waals surface area contributed by atoms with E-state index in [1.165, 1.54) is 12.1 Å². The Kier molecular flexibility index (Phi) is 6.20. The van der Waals surface area contributed by atoms with Gasteiger partial charge in [0.2, 0.25) is 0 Å². The molecule has 1 aliphatic rings. The Morgan fingerprint density at radius 2 is 1.71 bits per heavy atom. The summed E-state index contributed by atoms with van der Waals surface area (Å²) >= 11 is 0.